The van der Waals surface area contributed by atoms with E-state index < -0.39 is 38.5 Å². The summed E-state index contributed by atoms with van der Waals surface area (Å²) in [6.45, 7) is 5.76. The van der Waals surface area contributed by atoms with Crippen molar-refractivity contribution >= 4 is 28.1 Å². The van der Waals surface area contributed by atoms with Crippen molar-refractivity contribution in [3.63, 3.8) is 0 Å². The highest BCUT2D eigenvalue weighted by atomic mass is 32.2. The molecule has 0 spiro atoms. The zero-order valence-electron chi connectivity index (χ0n) is 16.7. The number of aliphatic imine (C=N–C) groups is 1. The molecule has 6 nitrogen and oxygen atoms in total. The molecule has 0 aliphatic carbocycles. The molecule has 2 atom stereocenters. The summed E-state index contributed by atoms with van der Waals surface area (Å²) < 4.78 is 31.8. The van der Waals surface area contributed by atoms with Gasteiger partial charge < -0.3 is 11.1 Å². The number of hydrogen-bond acceptors (Lipinski definition) is 5. The fourth-order valence-electron chi connectivity index (χ4n) is 3.15. The quantitative estimate of drug-likeness (QED) is 0.798. The minimum Gasteiger partial charge on any atom is -0.386 e. The monoisotopic (exact) mass is 419 g/mol. The second kappa shape index (κ2) is 7.62. The summed E-state index contributed by atoms with van der Waals surface area (Å²) in [7, 11) is 1.28. The van der Waals surface area contributed by atoms with Crippen molar-refractivity contribution < 1.29 is 13.6 Å². The Morgan fingerprint density at radius 3 is 2.59 bits per heavy atom. The normalized spacial score (nSPS) is 23.5. The van der Waals surface area contributed by atoms with E-state index in [9.17, 15) is 13.6 Å². The molecule has 2 heterocycles. The van der Waals surface area contributed by atoms with Crippen molar-refractivity contribution in [3.8, 4) is 0 Å². The van der Waals surface area contributed by atoms with Crippen LogP contribution in [0, 0.1) is 11.6 Å². The smallest absolute Gasteiger partial charge is 0.274 e. The molecule has 0 saturated heterocycles. The molecular formula is C20H23F2N5OS. The molecule has 1 aromatic heterocycles. The van der Waals surface area contributed by atoms with Gasteiger partial charge in [0, 0.05) is 24.1 Å². The average Bonchev–Trinajstić information content (AvgIpc) is 2.67. The molecule has 0 radical (unpaired) electrons. The van der Waals surface area contributed by atoms with E-state index in [-0.39, 0.29) is 5.69 Å². The number of nitrogens with zero attached hydrogens (tertiary/aromatic N) is 3. The molecule has 3 rings (SSSR count). The Hall–Kier alpha value is -2.68. The van der Waals surface area contributed by atoms with Crippen molar-refractivity contribution in [2.75, 3.05) is 18.1 Å². The van der Waals surface area contributed by atoms with Crippen LogP contribution in [-0.2, 0) is 16.2 Å². The predicted molar refractivity (Wildman–Crippen MR) is 112 cm³/mol. The highest BCUT2D eigenvalue weighted by molar-refractivity contribution is 7.89. The van der Waals surface area contributed by atoms with Crippen LogP contribution in [-0.4, -0.2) is 34.3 Å². The van der Waals surface area contributed by atoms with E-state index in [4.69, 9.17) is 5.73 Å². The van der Waals surface area contributed by atoms with Gasteiger partial charge in [0.15, 0.2) is 0 Å². The number of carbonyl (C=O) groups excluding carboxylic acids is 1. The predicted octanol–water partition coefficient (Wildman–Crippen LogP) is 3.41. The second-order valence-electron chi connectivity index (χ2n) is 7.48. The molecule has 9 heteroatoms. The number of rotatable bonds is 3. The van der Waals surface area contributed by atoms with Crippen molar-refractivity contribution in [2.45, 2.75) is 31.1 Å². The standard InChI is InChI=1S/C20H23F2N5OS/c1-19(2)18(23)27-20(3,11-29(19)24-4)14-9-13(6-7-15(14)22)26-17(28)16-8-5-12(21)10-25-16/h5-10H,11H2,1-4H3,(H2,23,27)(H,26,28)/t20-,29-/m0/s1. The first kappa shape index (κ1) is 21.0. The number of benzene rings is 1. The average molecular weight is 420 g/mol. The molecule has 1 aliphatic rings. The van der Waals surface area contributed by atoms with E-state index in [0.717, 1.165) is 12.3 Å². The van der Waals surface area contributed by atoms with Crippen LogP contribution >= 0.6 is 0 Å². The Labute approximate surface area is 170 Å². The summed E-state index contributed by atoms with van der Waals surface area (Å²) in [4.78, 5) is 20.7. The zero-order valence-corrected chi connectivity index (χ0v) is 17.5. The molecule has 0 saturated carbocycles. The summed E-state index contributed by atoms with van der Waals surface area (Å²) in [5, 5.41) is 2.66. The summed E-state index contributed by atoms with van der Waals surface area (Å²) in [6.07, 6.45) is 0.961. The van der Waals surface area contributed by atoms with Crippen LogP contribution in [0.3, 0.4) is 0 Å². The summed E-state index contributed by atoms with van der Waals surface area (Å²) in [5.74, 6) is -0.578. The SMILES string of the molecule is CN=[S@]1C[C@@](C)(c2cc(NC(=O)c3ccc(F)cn3)ccc2F)N=C(N)C1(C)C. The van der Waals surface area contributed by atoms with Gasteiger partial charge in [0.2, 0.25) is 0 Å². The lowest BCUT2D eigenvalue weighted by Crippen LogP contribution is -2.51. The van der Waals surface area contributed by atoms with E-state index in [1.807, 2.05) is 20.8 Å². The maximum atomic E-state index is 14.8. The highest BCUT2D eigenvalue weighted by Crippen LogP contribution is 2.37. The minimum atomic E-state index is -0.916. The van der Waals surface area contributed by atoms with E-state index in [1.165, 1.54) is 18.2 Å². The van der Waals surface area contributed by atoms with E-state index in [0.29, 0.717) is 22.8 Å². The maximum absolute atomic E-state index is 14.8. The van der Waals surface area contributed by atoms with Crippen molar-refractivity contribution in [2.24, 2.45) is 15.1 Å². The number of hydrogen-bond donors (Lipinski definition) is 2. The van der Waals surface area contributed by atoms with Gasteiger partial charge >= 0.3 is 0 Å². The van der Waals surface area contributed by atoms with E-state index in [2.05, 4.69) is 19.7 Å². The van der Waals surface area contributed by atoms with Crippen LogP contribution in [0.5, 0.6) is 0 Å². The molecule has 29 heavy (non-hydrogen) atoms. The molecular weight excluding hydrogens is 396 g/mol. The van der Waals surface area contributed by atoms with Gasteiger partial charge in [-0.25, -0.2) is 13.8 Å². The first-order valence-electron chi connectivity index (χ1n) is 8.96. The molecule has 1 aromatic carbocycles. The lowest BCUT2D eigenvalue weighted by atomic mass is 9.92. The molecule has 154 valence electrons. The minimum absolute atomic E-state index is 0.0523. The zero-order chi connectivity index (χ0) is 21.4. The second-order valence-corrected chi connectivity index (χ2v) is 9.89. The lowest BCUT2D eigenvalue weighted by Gasteiger charge is -2.40. The van der Waals surface area contributed by atoms with Gasteiger partial charge in [0.1, 0.15) is 23.2 Å². The summed E-state index contributed by atoms with van der Waals surface area (Å²) >= 11 is 0. The number of pyridine rings is 1. The topological polar surface area (TPSA) is 92.7 Å². The fourth-order valence-corrected chi connectivity index (χ4v) is 5.14. The highest BCUT2D eigenvalue weighted by Gasteiger charge is 2.42. The van der Waals surface area contributed by atoms with E-state index >= 15 is 0 Å². The first-order valence-corrected chi connectivity index (χ1v) is 10.3. The molecule has 0 fully saturated rings. The molecule has 1 aliphatic heterocycles. The van der Waals surface area contributed by atoms with Crippen LogP contribution in [0.4, 0.5) is 14.5 Å². The number of anilines is 1. The van der Waals surface area contributed by atoms with Gasteiger partial charge in [-0.3, -0.25) is 14.1 Å². The molecule has 1 amide bonds. The number of nitrogens with two attached hydrogens (primary N) is 1. The van der Waals surface area contributed by atoms with Crippen LogP contribution in [0.1, 0.15) is 36.8 Å². The van der Waals surface area contributed by atoms with E-state index in [1.54, 1.807) is 13.1 Å². The number of carbonyl (C=O) groups is 1. The Kier molecular flexibility index (Phi) is 5.53. The molecule has 0 bridgehead atoms. The number of amidine groups is 1. The maximum Gasteiger partial charge on any atom is 0.274 e. The van der Waals surface area contributed by atoms with Gasteiger partial charge in [-0.2, -0.15) is 0 Å². The largest absolute Gasteiger partial charge is 0.386 e. The first-order chi connectivity index (χ1) is 13.6. The van der Waals surface area contributed by atoms with Crippen molar-refractivity contribution in [1.82, 2.24) is 4.98 Å². The van der Waals surface area contributed by atoms with Gasteiger partial charge in [-0.1, -0.05) is 10.7 Å². The van der Waals surface area contributed by atoms with Crippen LogP contribution in [0.25, 0.3) is 0 Å². The van der Waals surface area contributed by atoms with Crippen LogP contribution in [0.15, 0.2) is 45.9 Å². The Balaban J connectivity index is 1.96. The Bertz CT molecular complexity index is 1020. The van der Waals surface area contributed by atoms with Crippen LogP contribution < -0.4 is 11.1 Å². The van der Waals surface area contributed by atoms with Gasteiger partial charge in [-0.05, 0) is 51.1 Å². The summed E-state index contributed by atoms with van der Waals surface area (Å²) in [6, 6.07) is 6.70. The van der Waals surface area contributed by atoms with Gasteiger partial charge in [-0.15, -0.1) is 0 Å². The molecule has 0 unspecified atom stereocenters. The van der Waals surface area contributed by atoms with Gasteiger partial charge in [0.05, 0.1) is 16.5 Å². The number of aromatic nitrogens is 1. The third-order valence-corrected chi connectivity index (χ3v) is 7.64. The van der Waals surface area contributed by atoms with Gasteiger partial charge in [0.25, 0.3) is 5.91 Å². The molecule has 3 N–H and O–H groups in total. The number of halogens is 2. The molecule has 2 aromatic rings. The van der Waals surface area contributed by atoms with Crippen molar-refractivity contribution in [3.05, 3.63) is 59.4 Å². The third kappa shape index (κ3) is 4.05. The number of nitrogens with one attached hydrogen (secondary N) is 1. The Morgan fingerprint density at radius 1 is 1.24 bits per heavy atom. The number of amides is 1. The van der Waals surface area contributed by atoms with Crippen LogP contribution in [0.2, 0.25) is 0 Å². The fraction of sp³-hybridized carbons (Fsp3) is 0.350. The summed E-state index contributed by atoms with van der Waals surface area (Å²) in [5.41, 5.74) is 6.05. The van der Waals surface area contributed by atoms with Crippen molar-refractivity contribution in [1.29, 1.82) is 0 Å². The Morgan fingerprint density at radius 2 is 1.97 bits per heavy atom. The lowest BCUT2D eigenvalue weighted by molar-refractivity contribution is 0.102. The third-order valence-electron chi connectivity index (χ3n) is 4.98.